The summed E-state index contributed by atoms with van der Waals surface area (Å²) in [5, 5.41) is 4.41. The van der Waals surface area contributed by atoms with Crippen LogP contribution in [0.3, 0.4) is 0 Å². The van der Waals surface area contributed by atoms with Crippen LogP contribution in [0.4, 0.5) is 0 Å². The third kappa shape index (κ3) is 4.62. The van der Waals surface area contributed by atoms with Crippen molar-refractivity contribution < 1.29 is 0 Å². The van der Waals surface area contributed by atoms with E-state index in [0.717, 1.165) is 30.8 Å². The van der Waals surface area contributed by atoms with E-state index in [1.807, 2.05) is 23.5 Å². The maximum Gasteiger partial charge on any atom is 0.0408 e. The lowest BCUT2D eigenvalue weighted by Gasteiger charge is -2.17. The molecule has 0 aliphatic rings. The predicted octanol–water partition coefficient (Wildman–Crippen LogP) is 4.73. The molecule has 0 radical (unpaired) electrons. The zero-order chi connectivity index (χ0) is 14.4. The van der Waals surface area contributed by atoms with Crippen molar-refractivity contribution in [2.24, 2.45) is 0 Å². The van der Waals surface area contributed by atoms with Crippen LogP contribution in [0.2, 0.25) is 5.02 Å². The Morgan fingerprint density at radius 1 is 1.10 bits per heavy atom. The Kier molecular flexibility index (Phi) is 6.08. The highest BCUT2D eigenvalue weighted by molar-refractivity contribution is 7.11. The molecule has 3 heteroatoms. The standard InChI is InChI=1S/C17H22ClNS/c1-3-16-8-9-17(20-16)12-15(19-4-2)11-13-6-5-7-14(18)10-13/h5-10,15,19H,3-4,11-12H2,1-2H3. The molecule has 2 aromatic rings. The van der Waals surface area contributed by atoms with E-state index in [-0.39, 0.29) is 0 Å². The topological polar surface area (TPSA) is 12.0 Å². The molecule has 0 fully saturated rings. The third-order valence-corrected chi connectivity index (χ3v) is 4.86. The number of likely N-dealkylation sites (N-methyl/N-ethyl adjacent to an activating group) is 1. The number of halogens is 1. The van der Waals surface area contributed by atoms with Crippen molar-refractivity contribution in [3.63, 3.8) is 0 Å². The number of thiophene rings is 1. The summed E-state index contributed by atoms with van der Waals surface area (Å²) in [6.07, 6.45) is 3.24. The maximum absolute atomic E-state index is 6.07. The number of hydrogen-bond donors (Lipinski definition) is 1. The van der Waals surface area contributed by atoms with E-state index in [1.165, 1.54) is 15.3 Å². The first kappa shape index (κ1) is 15.6. The highest BCUT2D eigenvalue weighted by Crippen LogP contribution is 2.20. The summed E-state index contributed by atoms with van der Waals surface area (Å²) in [6.45, 7) is 5.37. The Morgan fingerprint density at radius 2 is 1.90 bits per heavy atom. The Bertz CT molecular complexity index is 535. The zero-order valence-electron chi connectivity index (χ0n) is 12.2. The minimum atomic E-state index is 0.474. The molecule has 0 aliphatic carbocycles. The van der Waals surface area contributed by atoms with Gasteiger partial charge in [0, 0.05) is 20.8 Å². The van der Waals surface area contributed by atoms with E-state index in [1.54, 1.807) is 0 Å². The van der Waals surface area contributed by atoms with Crippen molar-refractivity contribution in [3.05, 3.63) is 56.7 Å². The molecule has 0 amide bonds. The number of aryl methyl sites for hydroxylation is 1. The molecule has 0 saturated carbocycles. The Labute approximate surface area is 131 Å². The van der Waals surface area contributed by atoms with E-state index >= 15 is 0 Å². The second-order valence-corrected chi connectivity index (χ2v) is 6.70. The van der Waals surface area contributed by atoms with Gasteiger partial charge in [-0.1, -0.05) is 37.6 Å². The van der Waals surface area contributed by atoms with Gasteiger partial charge in [0.2, 0.25) is 0 Å². The summed E-state index contributed by atoms with van der Waals surface area (Å²) in [5.41, 5.74) is 1.30. The fraction of sp³-hybridized carbons (Fsp3) is 0.412. The number of nitrogens with one attached hydrogen (secondary N) is 1. The highest BCUT2D eigenvalue weighted by atomic mass is 35.5. The molecule has 1 N–H and O–H groups in total. The van der Waals surface area contributed by atoms with Crippen LogP contribution < -0.4 is 5.32 Å². The normalized spacial score (nSPS) is 12.6. The fourth-order valence-electron chi connectivity index (χ4n) is 2.42. The van der Waals surface area contributed by atoms with Gasteiger partial charge in [-0.15, -0.1) is 11.3 Å². The van der Waals surface area contributed by atoms with E-state index < -0.39 is 0 Å². The Morgan fingerprint density at radius 3 is 2.55 bits per heavy atom. The summed E-state index contributed by atoms with van der Waals surface area (Å²) in [7, 11) is 0. The lowest BCUT2D eigenvalue weighted by atomic mass is 10.0. The predicted molar refractivity (Wildman–Crippen MR) is 90.0 cm³/mol. The molecule has 1 nitrogen and oxygen atoms in total. The van der Waals surface area contributed by atoms with Crippen LogP contribution in [0.5, 0.6) is 0 Å². The van der Waals surface area contributed by atoms with Gasteiger partial charge < -0.3 is 5.32 Å². The van der Waals surface area contributed by atoms with E-state index in [0.29, 0.717) is 6.04 Å². The van der Waals surface area contributed by atoms with Crippen LogP contribution in [-0.2, 0) is 19.3 Å². The van der Waals surface area contributed by atoms with Gasteiger partial charge in [-0.25, -0.2) is 0 Å². The fourth-order valence-corrected chi connectivity index (χ4v) is 3.67. The van der Waals surface area contributed by atoms with E-state index in [9.17, 15) is 0 Å². The van der Waals surface area contributed by atoms with Crippen LogP contribution in [0.1, 0.15) is 29.2 Å². The summed E-state index contributed by atoms with van der Waals surface area (Å²) in [6, 6.07) is 13.2. The van der Waals surface area contributed by atoms with Crippen LogP contribution in [0.25, 0.3) is 0 Å². The smallest absolute Gasteiger partial charge is 0.0408 e. The van der Waals surface area contributed by atoms with Crippen LogP contribution in [0.15, 0.2) is 36.4 Å². The average molecular weight is 308 g/mol. The molecular formula is C17H22ClNS. The molecule has 1 aromatic heterocycles. The van der Waals surface area contributed by atoms with Crippen LogP contribution in [-0.4, -0.2) is 12.6 Å². The van der Waals surface area contributed by atoms with Crippen molar-refractivity contribution in [2.75, 3.05) is 6.54 Å². The molecule has 1 heterocycles. The summed E-state index contributed by atoms with van der Waals surface area (Å²) < 4.78 is 0. The maximum atomic E-state index is 6.07. The Hall–Kier alpha value is -0.830. The SMILES string of the molecule is CCNC(Cc1cccc(Cl)c1)Cc1ccc(CC)s1. The molecule has 1 unspecified atom stereocenters. The van der Waals surface area contributed by atoms with Gasteiger partial charge in [-0.3, -0.25) is 0 Å². The molecule has 0 spiro atoms. The van der Waals surface area contributed by atoms with Crippen LogP contribution >= 0.6 is 22.9 Å². The lowest BCUT2D eigenvalue weighted by molar-refractivity contribution is 0.524. The first-order chi connectivity index (χ1) is 9.71. The van der Waals surface area contributed by atoms with Gasteiger partial charge in [0.05, 0.1) is 0 Å². The quantitative estimate of drug-likeness (QED) is 0.780. The summed E-state index contributed by atoms with van der Waals surface area (Å²) in [4.78, 5) is 2.94. The van der Waals surface area contributed by atoms with E-state index in [4.69, 9.17) is 11.6 Å². The van der Waals surface area contributed by atoms with Crippen molar-refractivity contribution in [3.8, 4) is 0 Å². The van der Waals surface area contributed by atoms with Crippen LogP contribution in [0, 0.1) is 0 Å². The molecule has 108 valence electrons. The minimum absolute atomic E-state index is 0.474. The molecule has 0 saturated heterocycles. The van der Waals surface area contributed by atoms with Gasteiger partial charge >= 0.3 is 0 Å². The van der Waals surface area contributed by atoms with Crippen molar-refractivity contribution in [1.29, 1.82) is 0 Å². The number of benzene rings is 1. The molecule has 1 atom stereocenters. The second kappa shape index (κ2) is 7.82. The first-order valence-corrected chi connectivity index (χ1v) is 8.46. The summed E-state index contributed by atoms with van der Waals surface area (Å²) >= 11 is 8.00. The molecule has 2 rings (SSSR count). The molecule has 1 aromatic carbocycles. The van der Waals surface area contributed by atoms with Crippen molar-refractivity contribution in [1.82, 2.24) is 5.32 Å². The average Bonchev–Trinajstić information content (AvgIpc) is 2.87. The van der Waals surface area contributed by atoms with Gasteiger partial charge in [0.1, 0.15) is 0 Å². The van der Waals surface area contributed by atoms with Gasteiger partial charge in [-0.2, -0.15) is 0 Å². The summed E-state index contributed by atoms with van der Waals surface area (Å²) in [5.74, 6) is 0. The molecule has 0 aliphatic heterocycles. The number of rotatable bonds is 7. The minimum Gasteiger partial charge on any atom is -0.314 e. The van der Waals surface area contributed by atoms with E-state index in [2.05, 4.69) is 43.4 Å². The highest BCUT2D eigenvalue weighted by Gasteiger charge is 2.11. The monoisotopic (exact) mass is 307 g/mol. The van der Waals surface area contributed by atoms with Gasteiger partial charge in [0.15, 0.2) is 0 Å². The largest absolute Gasteiger partial charge is 0.314 e. The van der Waals surface area contributed by atoms with Crippen molar-refractivity contribution in [2.45, 2.75) is 39.2 Å². The van der Waals surface area contributed by atoms with Gasteiger partial charge in [-0.05, 0) is 55.6 Å². The lowest BCUT2D eigenvalue weighted by Crippen LogP contribution is -2.32. The molecule has 0 bridgehead atoms. The molecule has 20 heavy (non-hydrogen) atoms. The van der Waals surface area contributed by atoms with Crippen molar-refractivity contribution >= 4 is 22.9 Å². The number of hydrogen-bond acceptors (Lipinski definition) is 2. The first-order valence-electron chi connectivity index (χ1n) is 7.26. The zero-order valence-corrected chi connectivity index (χ0v) is 13.7. The second-order valence-electron chi connectivity index (χ2n) is 5.01. The van der Waals surface area contributed by atoms with Gasteiger partial charge in [0.25, 0.3) is 0 Å². The molecular weight excluding hydrogens is 286 g/mol. The third-order valence-electron chi connectivity index (χ3n) is 3.38. The Balaban J connectivity index is 2.02.